The van der Waals surface area contributed by atoms with E-state index in [0.29, 0.717) is 0 Å². The van der Waals surface area contributed by atoms with Crippen LogP contribution in [0.25, 0.3) is 10.6 Å². The molecule has 0 unspecified atom stereocenters. The van der Waals surface area contributed by atoms with Crippen molar-refractivity contribution in [1.82, 2.24) is 15.3 Å². The predicted octanol–water partition coefficient (Wildman–Crippen LogP) is 3.53. The normalized spacial score (nSPS) is 13.9. The smallest absolute Gasteiger partial charge is 0.257 e. The second kappa shape index (κ2) is 8.23. The molecule has 33 heavy (non-hydrogen) atoms. The van der Waals surface area contributed by atoms with Crippen LogP contribution in [0, 0.1) is 0 Å². The van der Waals surface area contributed by atoms with Crippen molar-refractivity contribution in [2.45, 2.75) is 16.3 Å². The van der Waals surface area contributed by atoms with E-state index >= 15 is 0 Å². The summed E-state index contributed by atoms with van der Waals surface area (Å²) in [5.41, 5.74) is 1.26. The van der Waals surface area contributed by atoms with Crippen molar-refractivity contribution < 1.29 is 18.0 Å². The maximum atomic E-state index is 13.1. The molecule has 2 amide bonds. The molecule has 10 heteroatoms. The fourth-order valence-corrected chi connectivity index (χ4v) is 5.91. The average molecular weight is 477 g/mol. The number of hydrogen-bond acceptors (Lipinski definition) is 7. The lowest BCUT2D eigenvalue weighted by Gasteiger charge is -2.10. The maximum Gasteiger partial charge on any atom is 0.257 e. The molecule has 0 spiro atoms. The lowest BCUT2D eigenvalue weighted by Crippen LogP contribution is -2.22. The van der Waals surface area contributed by atoms with Gasteiger partial charge in [0.15, 0.2) is 0 Å². The molecule has 3 heterocycles. The Morgan fingerprint density at radius 3 is 2.70 bits per heavy atom. The largest absolute Gasteiger partial charge is 0.347 e. The van der Waals surface area contributed by atoms with Crippen molar-refractivity contribution in [2.75, 3.05) is 5.32 Å². The van der Waals surface area contributed by atoms with Crippen LogP contribution in [0.15, 0.2) is 83.0 Å². The highest BCUT2D eigenvalue weighted by molar-refractivity contribution is 7.91. The van der Waals surface area contributed by atoms with E-state index in [-0.39, 0.29) is 33.2 Å². The number of rotatable bonds is 4. The number of benzene rings is 2. The summed E-state index contributed by atoms with van der Waals surface area (Å²) in [7, 11) is -3.92. The van der Waals surface area contributed by atoms with Crippen LogP contribution in [0.4, 0.5) is 5.69 Å². The van der Waals surface area contributed by atoms with Gasteiger partial charge in [-0.25, -0.2) is 13.4 Å². The zero-order valence-corrected chi connectivity index (χ0v) is 18.6. The molecular formula is C23H16N4O4S2. The molecule has 2 aromatic carbocycles. The van der Waals surface area contributed by atoms with E-state index in [1.54, 1.807) is 30.7 Å². The lowest BCUT2D eigenvalue weighted by molar-refractivity contribution is 0.0949. The Labute approximate surface area is 193 Å². The first-order chi connectivity index (χ1) is 15.9. The molecule has 4 aromatic rings. The molecule has 5 rings (SSSR count). The van der Waals surface area contributed by atoms with Crippen LogP contribution in [0.3, 0.4) is 0 Å². The minimum absolute atomic E-state index is 0.0547. The van der Waals surface area contributed by atoms with E-state index in [1.165, 1.54) is 41.7 Å². The van der Waals surface area contributed by atoms with Gasteiger partial charge in [0, 0.05) is 34.6 Å². The maximum absolute atomic E-state index is 13.1. The third-order valence-corrected chi connectivity index (χ3v) is 8.00. The first-order valence-electron chi connectivity index (χ1n) is 9.86. The van der Waals surface area contributed by atoms with Crippen molar-refractivity contribution in [2.24, 2.45) is 0 Å². The Balaban J connectivity index is 1.37. The van der Waals surface area contributed by atoms with Crippen molar-refractivity contribution in [3.05, 3.63) is 89.2 Å². The van der Waals surface area contributed by atoms with Gasteiger partial charge in [0.25, 0.3) is 11.8 Å². The number of pyridine rings is 1. The van der Waals surface area contributed by atoms with Crippen LogP contribution < -0.4 is 10.6 Å². The zero-order chi connectivity index (χ0) is 23.0. The van der Waals surface area contributed by atoms with Crippen LogP contribution >= 0.6 is 11.3 Å². The van der Waals surface area contributed by atoms with Gasteiger partial charge < -0.3 is 10.6 Å². The second-order valence-corrected chi connectivity index (χ2v) is 10.2. The summed E-state index contributed by atoms with van der Waals surface area (Å²) in [6.45, 7) is 0.254. The molecule has 0 fully saturated rings. The highest BCUT2D eigenvalue weighted by Crippen LogP contribution is 2.34. The van der Waals surface area contributed by atoms with Crippen LogP contribution in [0.5, 0.6) is 0 Å². The van der Waals surface area contributed by atoms with E-state index < -0.39 is 21.7 Å². The molecule has 8 nitrogen and oxygen atoms in total. The van der Waals surface area contributed by atoms with Gasteiger partial charge in [-0.3, -0.25) is 14.6 Å². The van der Waals surface area contributed by atoms with Gasteiger partial charge in [-0.05, 0) is 42.5 Å². The Hall–Kier alpha value is -3.89. The summed E-state index contributed by atoms with van der Waals surface area (Å²) in [5, 5.41) is 6.21. The number of aromatic nitrogens is 2. The van der Waals surface area contributed by atoms with Gasteiger partial charge in [-0.2, -0.15) is 0 Å². The fourth-order valence-electron chi connectivity index (χ4n) is 3.48. The molecule has 1 aliphatic heterocycles. The van der Waals surface area contributed by atoms with E-state index in [2.05, 4.69) is 20.6 Å². The van der Waals surface area contributed by atoms with Crippen molar-refractivity contribution >= 4 is 38.7 Å². The number of carbonyl (C=O) groups excluding carboxylic acids is 2. The van der Waals surface area contributed by atoms with Crippen molar-refractivity contribution in [1.29, 1.82) is 0 Å². The zero-order valence-electron chi connectivity index (χ0n) is 17.0. The first-order valence-corrected chi connectivity index (χ1v) is 12.2. The third-order valence-electron chi connectivity index (χ3n) is 5.09. The predicted molar refractivity (Wildman–Crippen MR) is 123 cm³/mol. The molecule has 2 aromatic heterocycles. The fraction of sp³-hybridized carbons (Fsp3) is 0.0435. The lowest BCUT2D eigenvalue weighted by atomic mass is 10.1. The average Bonchev–Trinajstić information content (AvgIpc) is 3.29. The number of amides is 2. The minimum atomic E-state index is -3.92. The van der Waals surface area contributed by atoms with E-state index in [0.717, 1.165) is 15.4 Å². The molecule has 0 radical (unpaired) electrons. The van der Waals surface area contributed by atoms with Crippen molar-refractivity contribution in [3.8, 4) is 10.6 Å². The number of thiazole rings is 1. The molecule has 2 N–H and O–H groups in total. The monoisotopic (exact) mass is 476 g/mol. The Bertz CT molecular complexity index is 1500. The molecule has 0 saturated carbocycles. The van der Waals surface area contributed by atoms with Gasteiger partial charge in [0.1, 0.15) is 5.01 Å². The summed E-state index contributed by atoms with van der Waals surface area (Å²) in [6, 6.07) is 13.9. The molecule has 0 atom stereocenters. The molecule has 0 aliphatic carbocycles. The summed E-state index contributed by atoms with van der Waals surface area (Å²) < 4.78 is 26.1. The Morgan fingerprint density at radius 1 is 1.03 bits per heavy atom. The number of anilines is 1. The van der Waals surface area contributed by atoms with Gasteiger partial charge in [0.05, 0.1) is 27.6 Å². The van der Waals surface area contributed by atoms with E-state index in [1.807, 2.05) is 12.1 Å². The summed E-state index contributed by atoms with van der Waals surface area (Å²) in [6.07, 6.45) is 5.09. The quantitative estimate of drug-likeness (QED) is 0.465. The van der Waals surface area contributed by atoms with E-state index in [9.17, 15) is 18.0 Å². The summed E-state index contributed by atoms with van der Waals surface area (Å²) in [5.74, 6) is -0.944. The summed E-state index contributed by atoms with van der Waals surface area (Å²) >= 11 is 1.44. The molecule has 0 bridgehead atoms. The van der Waals surface area contributed by atoms with Crippen LogP contribution in [-0.4, -0.2) is 30.2 Å². The standard InChI is InChI=1S/C23H16N4O4S2/c28-21(25-12-16-13-26-23(32-16)15-4-3-9-24-11-15)14-7-8-20-18(10-14)27-22(29)17-5-1-2-6-19(17)33(20,30)31/h1-11,13H,12H2,(H,25,28)(H,27,29). The Kier molecular flexibility index (Phi) is 5.23. The Morgan fingerprint density at radius 2 is 1.88 bits per heavy atom. The first kappa shape index (κ1) is 21.0. The van der Waals surface area contributed by atoms with E-state index in [4.69, 9.17) is 0 Å². The van der Waals surface area contributed by atoms with Crippen LogP contribution in [0.2, 0.25) is 0 Å². The number of carbonyl (C=O) groups is 2. The van der Waals surface area contributed by atoms with Gasteiger partial charge in [0.2, 0.25) is 9.84 Å². The SMILES string of the molecule is O=C(NCc1cnc(-c2cccnc2)s1)c1ccc2c(c1)NC(=O)c1ccccc1S2(=O)=O. The van der Waals surface area contributed by atoms with Crippen LogP contribution in [0.1, 0.15) is 25.6 Å². The summed E-state index contributed by atoms with van der Waals surface area (Å²) in [4.78, 5) is 34.5. The second-order valence-electron chi connectivity index (χ2n) is 7.22. The number of nitrogens with zero attached hydrogens (tertiary/aromatic N) is 2. The highest BCUT2D eigenvalue weighted by Gasteiger charge is 2.31. The molecule has 1 aliphatic rings. The third kappa shape index (κ3) is 3.90. The number of fused-ring (bicyclic) bond motifs is 2. The van der Waals surface area contributed by atoms with Gasteiger partial charge in [-0.1, -0.05) is 12.1 Å². The highest BCUT2D eigenvalue weighted by atomic mass is 32.2. The van der Waals surface area contributed by atoms with Crippen molar-refractivity contribution in [3.63, 3.8) is 0 Å². The minimum Gasteiger partial charge on any atom is -0.347 e. The molecule has 164 valence electrons. The van der Waals surface area contributed by atoms with Crippen LogP contribution in [-0.2, 0) is 16.4 Å². The molecular weight excluding hydrogens is 460 g/mol. The number of nitrogens with one attached hydrogen (secondary N) is 2. The number of sulfone groups is 1. The number of hydrogen-bond donors (Lipinski definition) is 2. The van der Waals surface area contributed by atoms with Gasteiger partial charge >= 0.3 is 0 Å². The molecule has 0 saturated heterocycles. The topological polar surface area (TPSA) is 118 Å². The van der Waals surface area contributed by atoms with Gasteiger partial charge in [-0.15, -0.1) is 11.3 Å².